The Morgan fingerprint density at radius 3 is 2.44 bits per heavy atom. The molecule has 0 amide bonds. The molecule has 1 aromatic rings. The van der Waals surface area contributed by atoms with Crippen LogP contribution in [0.1, 0.15) is 37.0 Å². The van der Waals surface area contributed by atoms with Gasteiger partial charge in [-0.25, -0.2) is 4.99 Å². The summed E-state index contributed by atoms with van der Waals surface area (Å²) in [4.78, 5) is 13.9. The number of nitrogens with two attached hydrogens (primary N) is 2. The van der Waals surface area contributed by atoms with Gasteiger partial charge >= 0.3 is 0 Å². The number of guanidine groups is 2. The van der Waals surface area contributed by atoms with Gasteiger partial charge in [0.25, 0.3) is 0 Å². The van der Waals surface area contributed by atoms with Crippen LogP contribution in [0.25, 0.3) is 0 Å². The van der Waals surface area contributed by atoms with Crippen molar-refractivity contribution in [2.45, 2.75) is 46.7 Å². The molecule has 0 radical (unpaired) electrons. The number of nitrogens with zero attached hydrogens (tertiary/aromatic N) is 3. The van der Waals surface area contributed by atoms with Crippen LogP contribution in [-0.2, 0) is 4.84 Å². The predicted molar refractivity (Wildman–Crippen MR) is 106 cm³/mol. The van der Waals surface area contributed by atoms with E-state index in [2.05, 4.69) is 42.9 Å². The third-order valence-corrected chi connectivity index (χ3v) is 3.85. The summed E-state index contributed by atoms with van der Waals surface area (Å²) in [6.07, 6.45) is 0.714. The van der Waals surface area contributed by atoms with Gasteiger partial charge in [-0.15, -0.1) is 17.0 Å². The molecule has 1 heterocycles. The summed E-state index contributed by atoms with van der Waals surface area (Å²) in [5.41, 5.74) is 14.4. The van der Waals surface area contributed by atoms with Crippen LogP contribution >= 0.6 is 17.0 Å². The van der Waals surface area contributed by atoms with Crippen molar-refractivity contribution in [1.82, 2.24) is 5.06 Å². The molecule has 0 bridgehead atoms. The molecule has 0 unspecified atom stereocenters. The molecule has 2 rings (SSSR count). The lowest BCUT2D eigenvalue weighted by atomic mass is 10.1. The van der Waals surface area contributed by atoms with Crippen molar-refractivity contribution in [3.63, 3.8) is 0 Å². The lowest BCUT2D eigenvalue weighted by molar-refractivity contribution is -0.158. The molecule has 140 valence electrons. The van der Waals surface area contributed by atoms with Gasteiger partial charge in [0.2, 0.25) is 11.9 Å². The predicted octanol–water partition coefficient (Wildman–Crippen LogP) is 2.57. The van der Waals surface area contributed by atoms with E-state index in [0.29, 0.717) is 19.6 Å². The molecule has 0 atom stereocenters. The number of aliphatic imine (C=N–C) groups is 2. The van der Waals surface area contributed by atoms with E-state index < -0.39 is 5.66 Å². The van der Waals surface area contributed by atoms with Crippen LogP contribution in [-0.4, -0.2) is 35.9 Å². The fourth-order valence-electron chi connectivity index (χ4n) is 2.57. The quantitative estimate of drug-likeness (QED) is 0.698. The first-order chi connectivity index (χ1) is 11.2. The molecule has 0 aromatic heterocycles. The van der Waals surface area contributed by atoms with Crippen LogP contribution in [0.4, 0.5) is 0 Å². The van der Waals surface area contributed by atoms with Crippen LogP contribution < -0.4 is 16.2 Å². The summed E-state index contributed by atoms with van der Waals surface area (Å²) in [5, 5.41) is 1.48. The topological polar surface area (TPSA) is 98.5 Å². The molecular weight excluding hydrogens is 386 g/mol. The third kappa shape index (κ3) is 5.34. The lowest BCUT2D eigenvalue weighted by Crippen LogP contribution is -2.53. The molecule has 0 aliphatic carbocycles. The van der Waals surface area contributed by atoms with E-state index in [1.807, 2.05) is 13.8 Å². The molecule has 4 N–H and O–H groups in total. The van der Waals surface area contributed by atoms with Gasteiger partial charge in [-0.1, -0.05) is 6.07 Å². The third-order valence-electron chi connectivity index (χ3n) is 3.85. The van der Waals surface area contributed by atoms with Gasteiger partial charge in [-0.05, 0) is 57.4 Å². The maximum absolute atomic E-state index is 5.88. The Morgan fingerprint density at radius 2 is 1.80 bits per heavy atom. The Kier molecular flexibility index (Phi) is 7.25. The van der Waals surface area contributed by atoms with Crippen LogP contribution in [0.5, 0.6) is 5.75 Å². The van der Waals surface area contributed by atoms with Crippen molar-refractivity contribution in [3.8, 4) is 5.75 Å². The van der Waals surface area contributed by atoms with Gasteiger partial charge in [0, 0.05) is 6.42 Å². The second-order valence-corrected chi connectivity index (χ2v) is 6.47. The number of hydroxylamine groups is 2. The minimum atomic E-state index is -0.680. The largest absolute Gasteiger partial charge is 0.493 e. The SMILES string of the molecule is Br.Cc1cc(C)c(C)c(OCCCON2C(N)=NC(N)=NC2(C)C)c1. The number of halogens is 1. The summed E-state index contributed by atoms with van der Waals surface area (Å²) in [6.45, 7) is 10.9. The molecule has 0 spiro atoms. The number of benzene rings is 1. The normalized spacial score (nSPS) is 16.0. The van der Waals surface area contributed by atoms with Crippen molar-refractivity contribution >= 4 is 28.9 Å². The Hall–Kier alpha value is -1.80. The molecule has 1 aliphatic rings. The van der Waals surface area contributed by atoms with E-state index in [1.54, 1.807) is 0 Å². The maximum atomic E-state index is 5.88. The summed E-state index contributed by atoms with van der Waals surface area (Å²) in [5.74, 6) is 1.29. The summed E-state index contributed by atoms with van der Waals surface area (Å²) in [6, 6.07) is 4.21. The van der Waals surface area contributed by atoms with E-state index in [0.717, 1.165) is 5.75 Å². The van der Waals surface area contributed by atoms with Crippen molar-refractivity contribution in [3.05, 3.63) is 28.8 Å². The molecular formula is C17H28BrN5O2. The average Bonchev–Trinajstić information content (AvgIpc) is 2.44. The number of ether oxygens (including phenoxy) is 1. The number of aryl methyl sites for hydroxylation is 2. The number of hydrogen-bond acceptors (Lipinski definition) is 7. The lowest BCUT2D eigenvalue weighted by Gasteiger charge is -2.36. The van der Waals surface area contributed by atoms with Crippen molar-refractivity contribution in [2.24, 2.45) is 21.5 Å². The second kappa shape index (κ2) is 8.53. The molecule has 0 saturated carbocycles. The molecule has 0 fully saturated rings. The zero-order chi connectivity index (χ0) is 17.9. The second-order valence-electron chi connectivity index (χ2n) is 6.47. The molecule has 8 heteroatoms. The Labute approximate surface area is 159 Å². The first kappa shape index (κ1) is 21.2. The fraction of sp³-hybridized carbons (Fsp3) is 0.529. The number of hydrogen-bond donors (Lipinski definition) is 2. The van der Waals surface area contributed by atoms with Gasteiger partial charge < -0.3 is 16.2 Å². The van der Waals surface area contributed by atoms with E-state index >= 15 is 0 Å². The van der Waals surface area contributed by atoms with Crippen LogP contribution in [0.2, 0.25) is 0 Å². The highest BCUT2D eigenvalue weighted by Gasteiger charge is 2.32. The van der Waals surface area contributed by atoms with E-state index in [9.17, 15) is 0 Å². The summed E-state index contributed by atoms with van der Waals surface area (Å²) >= 11 is 0. The summed E-state index contributed by atoms with van der Waals surface area (Å²) < 4.78 is 5.88. The Bertz CT molecular complexity index is 673. The standard InChI is InChI=1S/C17H27N5O2.BrH/c1-11-9-12(2)13(3)14(10-11)23-7-6-8-24-22-16(19)20-15(18)21-17(22,4)5;/h9-10H,6-8H2,1-5H3,(H4,18,19,20,21);1H. The van der Waals surface area contributed by atoms with Gasteiger partial charge in [0.05, 0.1) is 13.2 Å². The Balaban J connectivity index is 0.00000312. The monoisotopic (exact) mass is 413 g/mol. The van der Waals surface area contributed by atoms with Crippen LogP contribution in [0.15, 0.2) is 22.1 Å². The zero-order valence-electron chi connectivity index (χ0n) is 15.5. The highest BCUT2D eigenvalue weighted by atomic mass is 79.9. The van der Waals surface area contributed by atoms with Gasteiger partial charge in [0.15, 0.2) is 5.66 Å². The number of rotatable bonds is 6. The minimum absolute atomic E-state index is 0. The molecule has 0 saturated heterocycles. The van der Waals surface area contributed by atoms with E-state index in [1.165, 1.54) is 21.8 Å². The van der Waals surface area contributed by atoms with Gasteiger partial charge in [-0.2, -0.15) is 10.1 Å². The Morgan fingerprint density at radius 1 is 1.12 bits per heavy atom. The fourth-order valence-corrected chi connectivity index (χ4v) is 2.57. The van der Waals surface area contributed by atoms with E-state index in [4.69, 9.17) is 21.0 Å². The minimum Gasteiger partial charge on any atom is -0.493 e. The molecule has 7 nitrogen and oxygen atoms in total. The van der Waals surface area contributed by atoms with Crippen molar-refractivity contribution in [1.29, 1.82) is 0 Å². The van der Waals surface area contributed by atoms with E-state index in [-0.39, 0.29) is 28.9 Å². The first-order valence-electron chi connectivity index (χ1n) is 8.04. The van der Waals surface area contributed by atoms with Crippen LogP contribution in [0, 0.1) is 20.8 Å². The molecule has 25 heavy (non-hydrogen) atoms. The zero-order valence-corrected chi connectivity index (χ0v) is 17.2. The smallest absolute Gasteiger partial charge is 0.226 e. The van der Waals surface area contributed by atoms with Crippen molar-refractivity contribution in [2.75, 3.05) is 13.2 Å². The van der Waals surface area contributed by atoms with Crippen molar-refractivity contribution < 1.29 is 9.57 Å². The van der Waals surface area contributed by atoms with Gasteiger partial charge in [-0.3, -0.25) is 4.84 Å². The molecule has 1 aromatic carbocycles. The average molecular weight is 414 g/mol. The maximum Gasteiger partial charge on any atom is 0.226 e. The highest BCUT2D eigenvalue weighted by Crippen LogP contribution is 2.23. The highest BCUT2D eigenvalue weighted by molar-refractivity contribution is 8.93. The van der Waals surface area contributed by atoms with Gasteiger partial charge in [0.1, 0.15) is 5.75 Å². The van der Waals surface area contributed by atoms with Crippen LogP contribution in [0.3, 0.4) is 0 Å². The first-order valence-corrected chi connectivity index (χ1v) is 8.04. The molecule has 1 aliphatic heterocycles. The summed E-state index contributed by atoms with van der Waals surface area (Å²) in [7, 11) is 0.